The maximum atomic E-state index is 12.1. The molecule has 0 fully saturated rings. The molecule has 124 valence electrons. The zero-order chi connectivity index (χ0) is 16.8. The normalized spacial score (nSPS) is 10.7. The third kappa shape index (κ3) is 4.08. The Labute approximate surface area is 144 Å². The minimum atomic E-state index is 0.000516. The fraction of sp³-hybridized carbons (Fsp3) is 0.278. The molecule has 5 nitrogen and oxygen atoms in total. The highest BCUT2D eigenvalue weighted by molar-refractivity contribution is 7.18. The number of carbonyl (C=O) groups excluding carboxylic acids is 1. The molecular formula is C18H19N3O2S. The van der Waals surface area contributed by atoms with Crippen molar-refractivity contribution in [2.45, 2.75) is 26.3 Å². The molecule has 1 aromatic carbocycles. The van der Waals surface area contributed by atoms with E-state index in [1.54, 1.807) is 17.5 Å². The van der Waals surface area contributed by atoms with Crippen molar-refractivity contribution in [3.8, 4) is 5.88 Å². The van der Waals surface area contributed by atoms with Gasteiger partial charge in [0.1, 0.15) is 0 Å². The van der Waals surface area contributed by atoms with Gasteiger partial charge in [0.25, 0.3) is 0 Å². The van der Waals surface area contributed by atoms with Crippen molar-refractivity contribution in [1.82, 2.24) is 15.3 Å². The summed E-state index contributed by atoms with van der Waals surface area (Å²) < 4.78 is 6.62. The molecule has 0 aliphatic rings. The highest BCUT2D eigenvalue weighted by Gasteiger charge is 2.09. The van der Waals surface area contributed by atoms with Crippen LogP contribution in [0, 0.1) is 0 Å². The zero-order valence-corrected chi connectivity index (χ0v) is 14.3. The Hall–Kier alpha value is -2.47. The second-order valence-corrected chi connectivity index (χ2v) is 6.37. The number of hydrogen-bond acceptors (Lipinski definition) is 5. The van der Waals surface area contributed by atoms with Gasteiger partial charge >= 0.3 is 0 Å². The first kappa shape index (κ1) is 16.4. The van der Waals surface area contributed by atoms with Gasteiger partial charge in [-0.15, -0.1) is 11.3 Å². The lowest BCUT2D eigenvalue weighted by Gasteiger charge is -2.09. The standard InChI is InChI=1S/C18H19N3O2S/c1-2-23-18-13(6-5-11-19-18)12-20-16(22)9-10-17-21-14-7-3-4-8-15(14)24-17/h3-8,11H,2,9-10,12H2,1H3,(H,20,22). The van der Waals surface area contributed by atoms with Gasteiger partial charge in [-0.25, -0.2) is 9.97 Å². The van der Waals surface area contributed by atoms with Gasteiger partial charge in [0.15, 0.2) is 0 Å². The summed E-state index contributed by atoms with van der Waals surface area (Å²) in [5, 5.41) is 3.91. The van der Waals surface area contributed by atoms with Crippen molar-refractivity contribution in [2.75, 3.05) is 6.61 Å². The van der Waals surface area contributed by atoms with E-state index >= 15 is 0 Å². The van der Waals surface area contributed by atoms with Crippen LogP contribution in [0.15, 0.2) is 42.6 Å². The van der Waals surface area contributed by atoms with Crippen LogP contribution in [-0.4, -0.2) is 22.5 Å². The lowest BCUT2D eigenvalue weighted by atomic mass is 10.2. The number of nitrogens with one attached hydrogen (secondary N) is 1. The van der Waals surface area contributed by atoms with Crippen molar-refractivity contribution < 1.29 is 9.53 Å². The summed E-state index contributed by atoms with van der Waals surface area (Å²) in [6.07, 6.45) is 2.75. The minimum Gasteiger partial charge on any atom is -0.478 e. The topological polar surface area (TPSA) is 64.1 Å². The van der Waals surface area contributed by atoms with Crippen LogP contribution in [0.25, 0.3) is 10.2 Å². The minimum absolute atomic E-state index is 0.000516. The van der Waals surface area contributed by atoms with Crippen molar-refractivity contribution >= 4 is 27.5 Å². The molecule has 24 heavy (non-hydrogen) atoms. The number of rotatable bonds is 7. The fourth-order valence-electron chi connectivity index (χ4n) is 2.35. The van der Waals surface area contributed by atoms with Crippen molar-refractivity contribution in [1.29, 1.82) is 0 Å². The lowest BCUT2D eigenvalue weighted by Crippen LogP contribution is -2.23. The predicted molar refractivity (Wildman–Crippen MR) is 95.2 cm³/mol. The second kappa shape index (κ2) is 7.88. The molecule has 0 radical (unpaired) electrons. The van der Waals surface area contributed by atoms with Crippen molar-refractivity contribution in [2.24, 2.45) is 0 Å². The van der Waals surface area contributed by atoms with Gasteiger partial charge < -0.3 is 10.1 Å². The summed E-state index contributed by atoms with van der Waals surface area (Å²) in [6, 6.07) is 11.8. The van der Waals surface area contributed by atoms with E-state index in [1.807, 2.05) is 43.3 Å². The second-order valence-electron chi connectivity index (χ2n) is 5.25. The Morgan fingerprint density at radius 2 is 2.12 bits per heavy atom. The predicted octanol–water partition coefficient (Wildman–Crippen LogP) is 3.34. The fourth-order valence-corrected chi connectivity index (χ4v) is 3.32. The SMILES string of the molecule is CCOc1ncccc1CNC(=O)CCc1nc2ccccc2s1. The van der Waals surface area contributed by atoms with E-state index in [1.165, 1.54) is 0 Å². The molecule has 2 heterocycles. The van der Waals surface area contributed by atoms with Crippen LogP contribution >= 0.6 is 11.3 Å². The molecule has 3 rings (SSSR count). The van der Waals surface area contributed by atoms with E-state index in [9.17, 15) is 4.79 Å². The summed E-state index contributed by atoms with van der Waals surface area (Å²) in [5.41, 5.74) is 1.88. The quantitative estimate of drug-likeness (QED) is 0.716. The molecule has 0 spiro atoms. The number of benzene rings is 1. The molecule has 0 aliphatic carbocycles. The zero-order valence-electron chi connectivity index (χ0n) is 13.5. The molecule has 1 N–H and O–H groups in total. The number of aromatic nitrogens is 2. The van der Waals surface area contributed by atoms with E-state index in [0.29, 0.717) is 31.9 Å². The van der Waals surface area contributed by atoms with Gasteiger partial charge in [-0.1, -0.05) is 18.2 Å². The van der Waals surface area contributed by atoms with Crippen LogP contribution in [0.5, 0.6) is 5.88 Å². The monoisotopic (exact) mass is 341 g/mol. The van der Waals surface area contributed by atoms with Gasteiger partial charge in [0.2, 0.25) is 11.8 Å². The smallest absolute Gasteiger partial charge is 0.220 e. The highest BCUT2D eigenvalue weighted by Crippen LogP contribution is 2.22. The molecule has 2 aromatic heterocycles. The molecule has 0 saturated heterocycles. The first-order chi connectivity index (χ1) is 11.8. The molecule has 1 amide bonds. The number of pyridine rings is 1. The van der Waals surface area contributed by atoms with E-state index in [2.05, 4.69) is 15.3 Å². The number of carbonyl (C=O) groups is 1. The third-order valence-electron chi connectivity index (χ3n) is 3.51. The molecular weight excluding hydrogens is 322 g/mol. The Kier molecular flexibility index (Phi) is 5.38. The molecule has 0 atom stereocenters. The molecule has 0 unspecified atom stereocenters. The number of para-hydroxylation sites is 1. The molecule has 0 aliphatic heterocycles. The summed E-state index contributed by atoms with van der Waals surface area (Å²) in [5.74, 6) is 0.576. The van der Waals surface area contributed by atoms with Crippen LogP contribution in [0.1, 0.15) is 23.9 Å². The number of hydrogen-bond donors (Lipinski definition) is 1. The number of aryl methyl sites for hydroxylation is 1. The molecule has 6 heteroatoms. The van der Waals surface area contributed by atoms with E-state index in [0.717, 1.165) is 20.8 Å². The van der Waals surface area contributed by atoms with E-state index < -0.39 is 0 Å². The summed E-state index contributed by atoms with van der Waals surface area (Å²) >= 11 is 1.64. The number of fused-ring (bicyclic) bond motifs is 1. The number of nitrogens with zero attached hydrogens (tertiary/aromatic N) is 2. The first-order valence-corrected chi connectivity index (χ1v) is 8.75. The van der Waals surface area contributed by atoms with Crippen molar-refractivity contribution in [3.63, 3.8) is 0 Å². The Balaban J connectivity index is 1.52. The molecule has 0 bridgehead atoms. The number of thiazole rings is 1. The third-order valence-corrected chi connectivity index (χ3v) is 4.61. The molecule has 0 saturated carbocycles. The summed E-state index contributed by atoms with van der Waals surface area (Å²) in [6.45, 7) is 2.88. The largest absolute Gasteiger partial charge is 0.478 e. The summed E-state index contributed by atoms with van der Waals surface area (Å²) in [7, 11) is 0. The lowest BCUT2D eigenvalue weighted by molar-refractivity contribution is -0.121. The Morgan fingerprint density at radius 1 is 1.25 bits per heavy atom. The highest BCUT2D eigenvalue weighted by atomic mass is 32.1. The van der Waals surface area contributed by atoms with Gasteiger partial charge in [-0.3, -0.25) is 4.79 Å². The average Bonchev–Trinajstić information content (AvgIpc) is 3.02. The Bertz CT molecular complexity index is 799. The average molecular weight is 341 g/mol. The summed E-state index contributed by atoms with van der Waals surface area (Å²) in [4.78, 5) is 20.8. The maximum Gasteiger partial charge on any atom is 0.220 e. The van der Waals surface area contributed by atoms with Gasteiger partial charge in [0, 0.05) is 31.1 Å². The molecule has 3 aromatic rings. The van der Waals surface area contributed by atoms with Crippen molar-refractivity contribution in [3.05, 3.63) is 53.2 Å². The maximum absolute atomic E-state index is 12.1. The Morgan fingerprint density at radius 3 is 2.96 bits per heavy atom. The van der Waals surface area contributed by atoms with Crippen LogP contribution in [-0.2, 0) is 17.8 Å². The van der Waals surface area contributed by atoms with Gasteiger partial charge in [0.05, 0.1) is 21.8 Å². The van der Waals surface area contributed by atoms with Crippen LogP contribution in [0.3, 0.4) is 0 Å². The first-order valence-electron chi connectivity index (χ1n) is 7.94. The number of ether oxygens (including phenoxy) is 1. The van der Waals surface area contributed by atoms with Crippen LogP contribution in [0.2, 0.25) is 0 Å². The van der Waals surface area contributed by atoms with Gasteiger partial charge in [-0.05, 0) is 25.1 Å². The van der Waals surface area contributed by atoms with Crippen LogP contribution < -0.4 is 10.1 Å². The van der Waals surface area contributed by atoms with E-state index in [-0.39, 0.29) is 5.91 Å². The number of amides is 1. The van der Waals surface area contributed by atoms with Gasteiger partial charge in [-0.2, -0.15) is 0 Å². The van der Waals surface area contributed by atoms with Crippen LogP contribution in [0.4, 0.5) is 0 Å². The van der Waals surface area contributed by atoms with E-state index in [4.69, 9.17) is 4.74 Å².